The Morgan fingerprint density at radius 3 is 2.33 bits per heavy atom. The van der Waals surface area contributed by atoms with Gasteiger partial charge in [-0.25, -0.2) is 8.78 Å². The largest absolute Gasteiger partial charge is 0.494 e. The van der Waals surface area contributed by atoms with E-state index in [1.807, 2.05) is 34.6 Å². The average Bonchev–Trinajstić information content (AvgIpc) is 2.74. The second-order valence-electron chi connectivity index (χ2n) is 8.21. The number of ether oxygens (including phenoxy) is 1. The summed E-state index contributed by atoms with van der Waals surface area (Å²) in [6, 6.07) is 4.58. The normalized spacial score (nSPS) is 23.0. The predicted molar refractivity (Wildman–Crippen MR) is 98.8 cm³/mol. The number of rotatable bonds is 5. The predicted octanol–water partition coefficient (Wildman–Crippen LogP) is 2.91. The second-order valence-corrected chi connectivity index (χ2v) is 8.21. The maximum atomic E-state index is 13.0. The van der Waals surface area contributed by atoms with Crippen LogP contribution in [0.25, 0.3) is 0 Å². The van der Waals surface area contributed by atoms with E-state index in [0.29, 0.717) is 17.9 Å². The zero-order chi connectivity index (χ0) is 20.0. The molecular formula is C19H26BF2NO4. The molecule has 1 aromatic rings. The summed E-state index contributed by atoms with van der Waals surface area (Å²) in [6.45, 7) is 10.0. The third-order valence-corrected chi connectivity index (χ3v) is 5.50. The van der Waals surface area contributed by atoms with Crippen molar-refractivity contribution in [2.24, 2.45) is 0 Å². The molecule has 27 heavy (non-hydrogen) atoms. The van der Waals surface area contributed by atoms with Gasteiger partial charge in [-0.2, -0.15) is 0 Å². The van der Waals surface area contributed by atoms with E-state index in [4.69, 9.17) is 14.0 Å². The Morgan fingerprint density at radius 2 is 1.81 bits per heavy atom. The quantitative estimate of drug-likeness (QED) is 0.797. The van der Waals surface area contributed by atoms with E-state index in [-0.39, 0.29) is 12.8 Å². The van der Waals surface area contributed by atoms with Gasteiger partial charge in [-0.1, -0.05) is 6.07 Å². The molecule has 0 aromatic heterocycles. The van der Waals surface area contributed by atoms with Crippen molar-refractivity contribution in [3.63, 3.8) is 0 Å². The minimum absolute atomic E-state index is 0.312. The van der Waals surface area contributed by atoms with Crippen LogP contribution in [0.5, 0.6) is 5.75 Å². The van der Waals surface area contributed by atoms with Gasteiger partial charge in [0.25, 0.3) is 11.8 Å². The minimum Gasteiger partial charge on any atom is -0.493 e. The first-order chi connectivity index (χ1) is 12.4. The van der Waals surface area contributed by atoms with Crippen molar-refractivity contribution >= 4 is 18.5 Å². The smallest absolute Gasteiger partial charge is 0.493 e. The van der Waals surface area contributed by atoms with Gasteiger partial charge in [0.2, 0.25) is 0 Å². The molecule has 2 fully saturated rings. The molecule has 0 spiro atoms. The fourth-order valence-electron chi connectivity index (χ4n) is 3.15. The molecule has 1 N–H and O–H groups in total. The van der Waals surface area contributed by atoms with Crippen molar-refractivity contribution in [1.29, 1.82) is 0 Å². The number of benzene rings is 1. The van der Waals surface area contributed by atoms with Gasteiger partial charge in [0, 0.05) is 18.9 Å². The Balaban J connectivity index is 1.78. The number of amides is 1. The fourth-order valence-corrected chi connectivity index (χ4v) is 3.15. The number of hydrogen-bond acceptors (Lipinski definition) is 4. The van der Waals surface area contributed by atoms with E-state index >= 15 is 0 Å². The summed E-state index contributed by atoms with van der Waals surface area (Å²) in [5.74, 6) is -2.71. The van der Waals surface area contributed by atoms with E-state index in [0.717, 1.165) is 5.46 Å². The maximum absolute atomic E-state index is 13.0. The Kier molecular flexibility index (Phi) is 5.01. The topological polar surface area (TPSA) is 56.8 Å². The van der Waals surface area contributed by atoms with Gasteiger partial charge in [0.05, 0.1) is 23.4 Å². The van der Waals surface area contributed by atoms with Crippen molar-refractivity contribution in [3.05, 3.63) is 23.8 Å². The molecule has 1 aliphatic carbocycles. The Bertz CT molecular complexity index is 714. The van der Waals surface area contributed by atoms with Crippen LogP contribution in [0, 0.1) is 0 Å². The highest BCUT2D eigenvalue weighted by Gasteiger charge is 2.52. The number of nitrogens with one attached hydrogen (secondary N) is 1. The molecule has 0 atom stereocenters. The van der Waals surface area contributed by atoms with Crippen LogP contribution in [0.3, 0.4) is 0 Å². The highest BCUT2D eigenvalue weighted by Crippen LogP contribution is 2.38. The molecule has 3 rings (SSSR count). The van der Waals surface area contributed by atoms with Gasteiger partial charge in [0.1, 0.15) is 5.75 Å². The van der Waals surface area contributed by atoms with Crippen LogP contribution in [0.1, 0.15) is 57.8 Å². The number of halogens is 2. The zero-order valence-corrected chi connectivity index (χ0v) is 16.4. The summed E-state index contributed by atoms with van der Waals surface area (Å²) >= 11 is 0. The molecule has 2 aliphatic rings. The Morgan fingerprint density at radius 1 is 1.22 bits per heavy atom. The van der Waals surface area contributed by atoms with E-state index in [9.17, 15) is 13.6 Å². The lowest BCUT2D eigenvalue weighted by molar-refractivity contribution is -0.0901. The van der Waals surface area contributed by atoms with Crippen LogP contribution in [0.15, 0.2) is 18.2 Å². The van der Waals surface area contributed by atoms with Crippen LogP contribution in [0.2, 0.25) is 0 Å². The SMILES string of the molecule is CCOc1cc(B2OC(C)(C)C(C)(C)O2)ccc1C(=O)NC1CC(F)(F)C1. The monoisotopic (exact) mass is 381 g/mol. The summed E-state index contributed by atoms with van der Waals surface area (Å²) in [7, 11) is -0.573. The molecule has 0 unspecified atom stereocenters. The van der Waals surface area contributed by atoms with Gasteiger partial charge in [0.15, 0.2) is 0 Å². The van der Waals surface area contributed by atoms with Crippen LogP contribution in [0.4, 0.5) is 8.78 Å². The van der Waals surface area contributed by atoms with Gasteiger partial charge in [-0.05, 0) is 52.2 Å². The number of carbonyl (C=O) groups is 1. The zero-order valence-electron chi connectivity index (χ0n) is 16.4. The first-order valence-electron chi connectivity index (χ1n) is 9.25. The lowest BCUT2D eigenvalue weighted by atomic mass is 9.78. The standard InChI is InChI=1S/C19H26BF2NO4/c1-6-25-15-9-12(20-26-17(2,3)18(4,5)27-20)7-8-14(15)16(24)23-13-10-19(21,22)11-13/h7-9,13H,6,10-11H2,1-5H3,(H,23,24). The van der Waals surface area contributed by atoms with Crippen molar-refractivity contribution in [2.45, 2.75) is 70.6 Å². The van der Waals surface area contributed by atoms with Gasteiger partial charge in [-0.15, -0.1) is 0 Å². The van der Waals surface area contributed by atoms with Crippen LogP contribution < -0.4 is 15.5 Å². The molecule has 1 aliphatic heterocycles. The van der Waals surface area contributed by atoms with Crippen LogP contribution in [-0.4, -0.2) is 42.8 Å². The fraction of sp³-hybridized carbons (Fsp3) is 0.632. The van der Waals surface area contributed by atoms with E-state index in [1.165, 1.54) is 0 Å². The molecule has 1 saturated carbocycles. The van der Waals surface area contributed by atoms with Crippen molar-refractivity contribution < 1.29 is 27.6 Å². The van der Waals surface area contributed by atoms with E-state index in [2.05, 4.69) is 5.32 Å². The average molecular weight is 381 g/mol. The lowest BCUT2D eigenvalue weighted by Crippen LogP contribution is -2.50. The van der Waals surface area contributed by atoms with Crippen molar-refractivity contribution in [3.8, 4) is 5.75 Å². The van der Waals surface area contributed by atoms with E-state index < -0.39 is 36.2 Å². The van der Waals surface area contributed by atoms with Gasteiger partial charge >= 0.3 is 7.12 Å². The maximum Gasteiger partial charge on any atom is 0.494 e. The summed E-state index contributed by atoms with van der Waals surface area (Å²) < 4.78 is 43.7. The van der Waals surface area contributed by atoms with Crippen LogP contribution in [-0.2, 0) is 9.31 Å². The van der Waals surface area contributed by atoms with Crippen molar-refractivity contribution in [2.75, 3.05) is 6.61 Å². The number of carbonyl (C=O) groups excluding carboxylic acids is 1. The van der Waals surface area contributed by atoms with Crippen molar-refractivity contribution in [1.82, 2.24) is 5.32 Å². The van der Waals surface area contributed by atoms with Gasteiger partial charge < -0.3 is 19.4 Å². The highest BCUT2D eigenvalue weighted by atomic mass is 19.3. The van der Waals surface area contributed by atoms with Gasteiger partial charge in [-0.3, -0.25) is 4.79 Å². The molecule has 0 radical (unpaired) electrons. The minimum atomic E-state index is -2.68. The third kappa shape index (κ3) is 3.96. The molecule has 1 heterocycles. The first-order valence-corrected chi connectivity index (χ1v) is 9.25. The molecule has 8 heteroatoms. The number of alkyl halides is 2. The molecule has 1 saturated heterocycles. The third-order valence-electron chi connectivity index (χ3n) is 5.50. The molecule has 148 valence electrons. The second kappa shape index (κ2) is 6.74. The Labute approximate surface area is 158 Å². The number of hydrogen-bond donors (Lipinski definition) is 1. The summed E-state index contributed by atoms with van der Waals surface area (Å²) in [5, 5.41) is 2.64. The summed E-state index contributed by atoms with van der Waals surface area (Å²) in [5.41, 5.74) is 0.0975. The molecule has 1 aromatic carbocycles. The lowest BCUT2D eigenvalue weighted by Gasteiger charge is -2.35. The molecule has 5 nitrogen and oxygen atoms in total. The molecular weight excluding hydrogens is 355 g/mol. The summed E-state index contributed by atoms with van der Waals surface area (Å²) in [6.07, 6.45) is -0.649. The Hall–Kier alpha value is -1.67. The van der Waals surface area contributed by atoms with E-state index in [1.54, 1.807) is 18.2 Å². The molecule has 0 bridgehead atoms. The van der Waals surface area contributed by atoms with Crippen LogP contribution >= 0.6 is 0 Å². The summed E-state index contributed by atoms with van der Waals surface area (Å²) in [4.78, 5) is 12.5. The molecule has 1 amide bonds. The first kappa shape index (κ1) is 20.1. The highest BCUT2D eigenvalue weighted by molar-refractivity contribution is 6.62.